The van der Waals surface area contributed by atoms with E-state index in [1.165, 1.54) is 11.7 Å². The highest BCUT2D eigenvalue weighted by Crippen LogP contribution is 2.30. The van der Waals surface area contributed by atoms with Gasteiger partial charge in [-0.15, -0.1) is 0 Å². The summed E-state index contributed by atoms with van der Waals surface area (Å²) in [5.74, 6) is 7.10. The second-order valence-corrected chi connectivity index (χ2v) is 7.28. The van der Waals surface area contributed by atoms with Crippen molar-refractivity contribution >= 4 is 11.8 Å². The van der Waals surface area contributed by atoms with Crippen LogP contribution in [0.2, 0.25) is 0 Å². The van der Waals surface area contributed by atoms with Gasteiger partial charge in [0, 0.05) is 50.1 Å². The Balaban J connectivity index is 1.84. The van der Waals surface area contributed by atoms with Crippen LogP contribution < -0.4 is 15.0 Å². The molecule has 1 aliphatic rings. The monoisotopic (exact) mass is 396 g/mol. The molecule has 0 aromatic carbocycles. The summed E-state index contributed by atoms with van der Waals surface area (Å²) >= 11 is 0. The lowest BCUT2D eigenvalue weighted by atomic mass is 10.1. The number of likely N-dealkylation sites (N-methyl/N-ethyl adjacent to an activating group) is 1. The van der Waals surface area contributed by atoms with Crippen LogP contribution in [0.1, 0.15) is 13.8 Å². The lowest BCUT2D eigenvalue weighted by molar-refractivity contribution is 0.239. The molecule has 29 heavy (non-hydrogen) atoms. The van der Waals surface area contributed by atoms with Gasteiger partial charge in [-0.1, -0.05) is 25.7 Å². The fraction of sp³-hybridized carbons (Fsp3) is 0.476. The Kier molecular flexibility index (Phi) is 6.73. The molecule has 1 fully saturated rings. The Labute approximate surface area is 171 Å². The van der Waals surface area contributed by atoms with E-state index in [0.717, 1.165) is 37.6 Å². The van der Waals surface area contributed by atoms with Gasteiger partial charge in [0.15, 0.2) is 0 Å². The number of carbonyl (C=O) groups excluding carboxylic acids is 1. The Morgan fingerprint density at radius 1 is 1.31 bits per heavy atom. The maximum atomic E-state index is 12.6. The number of nitrogens with one attached hydrogen (secondary N) is 1. The van der Waals surface area contributed by atoms with Crippen molar-refractivity contribution in [3.63, 3.8) is 0 Å². The van der Waals surface area contributed by atoms with Gasteiger partial charge in [-0.25, -0.2) is 14.3 Å². The molecule has 0 atom stereocenters. The van der Waals surface area contributed by atoms with Crippen LogP contribution in [0, 0.1) is 17.8 Å². The average molecular weight is 396 g/mol. The zero-order valence-electron chi connectivity index (χ0n) is 17.5. The molecular formula is C21H28N6O2. The fourth-order valence-electron chi connectivity index (χ4n) is 3.11. The summed E-state index contributed by atoms with van der Waals surface area (Å²) in [7, 11) is 3.62. The summed E-state index contributed by atoms with van der Waals surface area (Å²) in [4.78, 5) is 26.2. The second-order valence-electron chi connectivity index (χ2n) is 7.28. The van der Waals surface area contributed by atoms with E-state index in [1.54, 1.807) is 12.4 Å². The van der Waals surface area contributed by atoms with Crippen LogP contribution >= 0.6 is 0 Å². The number of amides is 1. The molecule has 154 valence electrons. The molecule has 0 radical (unpaired) electrons. The number of pyridine rings is 1. The number of hydrogen-bond donors (Lipinski definition) is 1. The number of anilines is 1. The standard InChI is InChI=1S/C21H28N6O2/c1-16(2)7-5-10-23-20(28)27-15-18(24-21(27)29-4)17-8-6-9-22-19(17)26-13-11-25(3)12-14-26/h6,8-9,15-16H,10-14H2,1-4H3,(H,23,28). The van der Waals surface area contributed by atoms with E-state index in [0.29, 0.717) is 5.69 Å². The van der Waals surface area contributed by atoms with Gasteiger partial charge in [-0.2, -0.15) is 4.98 Å². The van der Waals surface area contributed by atoms with E-state index in [1.807, 2.05) is 26.0 Å². The molecule has 0 saturated carbocycles. The number of hydrogen-bond acceptors (Lipinski definition) is 6. The molecule has 8 heteroatoms. The quantitative estimate of drug-likeness (QED) is 0.796. The summed E-state index contributed by atoms with van der Waals surface area (Å²) < 4.78 is 6.70. The van der Waals surface area contributed by atoms with Crippen LogP contribution in [0.15, 0.2) is 24.5 Å². The van der Waals surface area contributed by atoms with Crippen molar-refractivity contribution in [2.75, 3.05) is 51.8 Å². The molecule has 8 nitrogen and oxygen atoms in total. The fourth-order valence-corrected chi connectivity index (χ4v) is 3.11. The molecule has 0 spiro atoms. The highest BCUT2D eigenvalue weighted by atomic mass is 16.5. The van der Waals surface area contributed by atoms with Crippen molar-refractivity contribution < 1.29 is 9.53 Å². The zero-order chi connectivity index (χ0) is 20.8. The van der Waals surface area contributed by atoms with Crippen molar-refractivity contribution in [1.82, 2.24) is 24.8 Å². The number of methoxy groups -OCH3 is 1. The smallest absolute Gasteiger partial charge is 0.330 e. The average Bonchev–Trinajstić information content (AvgIpc) is 3.16. The van der Waals surface area contributed by atoms with Gasteiger partial charge in [-0.3, -0.25) is 0 Å². The number of rotatable bonds is 4. The molecule has 1 aliphatic heterocycles. The molecule has 0 bridgehead atoms. The minimum atomic E-state index is -0.330. The Bertz CT molecular complexity index is 903. The molecule has 3 rings (SSSR count). The summed E-state index contributed by atoms with van der Waals surface area (Å²) in [6.45, 7) is 8.03. The van der Waals surface area contributed by atoms with Crippen LogP contribution in [0.5, 0.6) is 6.01 Å². The van der Waals surface area contributed by atoms with Crippen LogP contribution in [0.25, 0.3) is 11.3 Å². The van der Waals surface area contributed by atoms with Gasteiger partial charge < -0.3 is 19.9 Å². The largest absolute Gasteiger partial charge is 0.468 e. The van der Waals surface area contributed by atoms with Crippen molar-refractivity contribution in [3.8, 4) is 29.1 Å². The molecule has 2 aromatic rings. The van der Waals surface area contributed by atoms with Crippen molar-refractivity contribution in [2.24, 2.45) is 5.92 Å². The van der Waals surface area contributed by atoms with E-state index >= 15 is 0 Å². The Morgan fingerprint density at radius 2 is 2.07 bits per heavy atom. The van der Waals surface area contributed by atoms with Crippen LogP contribution in [-0.4, -0.2) is 72.3 Å². The number of aromatic nitrogens is 3. The third kappa shape index (κ3) is 5.06. The number of nitrogens with zero attached hydrogens (tertiary/aromatic N) is 5. The lowest BCUT2D eigenvalue weighted by Gasteiger charge is -2.34. The van der Waals surface area contributed by atoms with Gasteiger partial charge in [0.2, 0.25) is 0 Å². The van der Waals surface area contributed by atoms with E-state index in [4.69, 9.17) is 4.74 Å². The van der Waals surface area contributed by atoms with Gasteiger partial charge in [0.1, 0.15) is 5.82 Å². The van der Waals surface area contributed by atoms with Crippen molar-refractivity contribution in [1.29, 1.82) is 0 Å². The Hall–Kier alpha value is -3.05. The molecule has 3 heterocycles. The Morgan fingerprint density at radius 3 is 2.76 bits per heavy atom. The van der Waals surface area contributed by atoms with Crippen LogP contribution in [-0.2, 0) is 0 Å². The third-order valence-electron chi connectivity index (χ3n) is 4.66. The van der Waals surface area contributed by atoms with Gasteiger partial charge >= 0.3 is 12.0 Å². The zero-order valence-corrected chi connectivity index (χ0v) is 17.5. The minimum Gasteiger partial charge on any atom is -0.468 e. The molecular weight excluding hydrogens is 368 g/mol. The summed E-state index contributed by atoms with van der Waals surface area (Å²) in [6.07, 6.45) is 3.46. The third-order valence-corrected chi connectivity index (χ3v) is 4.66. The van der Waals surface area contributed by atoms with E-state index in [9.17, 15) is 4.79 Å². The maximum absolute atomic E-state index is 12.6. The van der Waals surface area contributed by atoms with Gasteiger partial charge in [-0.05, 0) is 19.2 Å². The predicted molar refractivity (Wildman–Crippen MR) is 113 cm³/mol. The molecule has 0 unspecified atom stereocenters. The summed E-state index contributed by atoms with van der Waals surface area (Å²) in [5, 5.41) is 2.78. The highest BCUT2D eigenvalue weighted by Gasteiger charge is 2.22. The van der Waals surface area contributed by atoms with E-state index in [-0.39, 0.29) is 24.5 Å². The number of carbonyl (C=O) groups is 1. The lowest BCUT2D eigenvalue weighted by Crippen LogP contribution is -2.45. The SMILES string of the molecule is COc1nc(-c2cccnc2N2CCN(C)CC2)cn1C(=O)NCC#CC(C)C. The van der Waals surface area contributed by atoms with Crippen molar-refractivity contribution in [2.45, 2.75) is 13.8 Å². The van der Waals surface area contributed by atoms with Gasteiger partial charge in [0.05, 0.1) is 19.3 Å². The first kappa shape index (κ1) is 20.7. The molecule has 0 aliphatic carbocycles. The summed E-state index contributed by atoms with van der Waals surface area (Å²) in [5.41, 5.74) is 1.52. The number of imidazole rings is 1. The molecule has 1 saturated heterocycles. The first-order valence-corrected chi connectivity index (χ1v) is 9.78. The van der Waals surface area contributed by atoms with E-state index in [2.05, 4.69) is 44.0 Å². The summed E-state index contributed by atoms with van der Waals surface area (Å²) in [6, 6.07) is 3.74. The maximum Gasteiger partial charge on any atom is 0.330 e. The highest BCUT2D eigenvalue weighted by molar-refractivity contribution is 5.81. The number of ether oxygens (including phenoxy) is 1. The normalized spacial score (nSPS) is 14.4. The van der Waals surface area contributed by atoms with Crippen LogP contribution in [0.4, 0.5) is 10.6 Å². The predicted octanol–water partition coefficient (Wildman–Crippen LogP) is 1.92. The second kappa shape index (κ2) is 9.43. The van der Waals surface area contributed by atoms with Crippen LogP contribution in [0.3, 0.4) is 0 Å². The molecule has 1 N–H and O–H groups in total. The van der Waals surface area contributed by atoms with Crippen molar-refractivity contribution in [3.05, 3.63) is 24.5 Å². The number of piperazine rings is 1. The first-order valence-electron chi connectivity index (χ1n) is 9.78. The first-order chi connectivity index (χ1) is 14.0. The molecule has 2 aromatic heterocycles. The van der Waals surface area contributed by atoms with Gasteiger partial charge in [0.25, 0.3) is 0 Å². The minimum absolute atomic E-state index is 0.225. The topological polar surface area (TPSA) is 75.5 Å². The molecule has 1 amide bonds. The van der Waals surface area contributed by atoms with E-state index < -0.39 is 0 Å².